The number of hydrogen-bond donors (Lipinski definition) is 1. The maximum absolute atomic E-state index is 10.5. The number of ether oxygens (including phenoxy) is 1. The molecule has 0 fully saturated rings. The molecule has 0 atom stereocenters. The molecule has 1 aromatic heterocycles. The molecule has 0 spiro atoms. The van der Waals surface area contributed by atoms with Crippen molar-refractivity contribution in [2.24, 2.45) is 5.92 Å². The van der Waals surface area contributed by atoms with Gasteiger partial charge in [-0.2, -0.15) is 4.98 Å². The summed E-state index contributed by atoms with van der Waals surface area (Å²) >= 11 is 0. The fraction of sp³-hybridized carbons (Fsp3) is 0.500. The van der Waals surface area contributed by atoms with Gasteiger partial charge in [-0.05, 0) is 12.3 Å². The summed E-state index contributed by atoms with van der Waals surface area (Å²) in [4.78, 5) is 13.7. The summed E-state index contributed by atoms with van der Waals surface area (Å²) in [6.07, 6.45) is 0.901. The first-order chi connectivity index (χ1) is 7.50. The molecular weight excluding hydrogens is 210 g/mol. The molecule has 6 nitrogen and oxygen atoms in total. The zero-order chi connectivity index (χ0) is 12.1. The molecule has 0 aliphatic rings. The van der Waals surface area contributed by atoms with E-state index in [9.17, 15) is 10.1 Å². The number of aromatic nitrogens is 1. The van der Waals surface area contributed by atoms with Crippen LogP contribution in [0.4, 0.5) is 11.5 Å². The SMILES string of the molecule is CC(C)CCOc1ccc([N+](=O)[O-])c(N)n1. The normalized spacial score (nSPS) is 10.4. The maximum Gasteiger partial charge on any atom is 0.311 e. The fourth-order valence-corrected chi connectivity index (χ4v) is 1.08. The van der Waals surface area contributed by atoms with Crippen LogP contribution in [0.15, 0.2) is 12.1 Å². The Morgan fingerprint density at radius 3 is 2.75 bits per heavy atom. The first-order valence-corrected chi connectivity index (χ1v) is 5.04. The first kappa shape index (κ1) is 12.2. The average Bonchev–Trinajstić information content (AvgIpc) is 2.16. The number of nitrogen functional groups attached to an aromatic ring is 1. The lowest BCUT2D eigenvalue weighted by Gasteiger charge is -2.07. The Kier molecular flexibility index (Phi) is 4.04. The molecule has 0 amide bonds. The van der Waals surface area contributed by atoms with Crippen LogP contribution in [0.5, 0.6) is 5.88 Å². The molecule has 0 aliphatic carbocycles. The Labute approximate surface area is 93.6 Å². The third-order valence-electron chi connectivity index (χ3n) is 2.02. The van der Waals surface area contributed by atoms with Crippen molar-refractivity contribution in [3.05, 3.63) is 22.2 Å². The van der Waals surface area contributed by atoms with Gasteiger partial charge >= 0.3 is 5.69 Å². The van der Waals surface area contributed by atoms with Crippen molar-refractivity contribution in [3.63, 3.8) is 0 Å². The lowest BCUT2D eigenvalue weighted by Crippen LogP contribution is -2.05. The van der Waals surface area contributed by atoms with Crippen LogP contribution < -0.4 is 10.5 Å². The van der Waals surface area contributed by atoms with Gasteiger partial charge in [-0.1, -0.05) is 13.8 Å². The Balaban J connectivity index is 2.63. The van der Waals surface area contributed by atoms with E-state index in [1.165, 1.54) is 12.1 Å². The first-order valence-electron chi connectivity index (χ1n) is 5.04. The highest BCUT2D eigenvalue weighted by molar-refractivity contribution is 5.53. The van der Waals surface area contributed by atoms with Gasteiger partial charge < -0.3 is 10.5 Å². The van der Waals surface area contributed by atoms with Crippen LogP contribution in [-0.2, 0) is 0 Å². The molecular formula is C10H15N3O3. The molecule has 2 N–H and O–H groups in total. The molecule has 6 heteroatoms. The van der Waals surface area contributed by atoms with Crippen molar-refractivity contribution in [2.45, 2.75) is 20.3 Å². The fourth-order valence-electron chi connectivity index (χ4n) is 1.08. The van der Waals surface area contributed by atoms with Gasteiger partial charge in [-0.15, -0.1) is 0 Å². The summed E-state index contributed by atoms with van der Waals surface area (Å²) in [6.45, 7) is 4.70. The molecule has 16 heavy (non-hydrogen) atoms. The minimum absolute atomic E-state index is 0.118. The molecule has 0 radical (unpaired) electrons. The van der Waals surface area contributed by atoms with Crippen molar-refractivity contribution in [3.8, 4) is 5.88 Å². The van der Waals surface area contributed by atoms with E-state index in [0.717, 1.165) is 6.42 Å². The topological polar surface area (TPSA) is 91.3 Å². The van der Waals surface area contributed by atoms with Gasteiger partial charge in [0.05, 0.1) is 11.5 Å². The summed E-state index contributed by atoms with van der Waals surface area (Å²) in [6, 6.07) is 2.75. The Hall–Kier alpha value is -1.85. The number of pyridine rings is 1. The van der Waals surface area contributed by atoms with Gasteiger partial charge in [0.25, 0.3) is 0 Å². The standard InChI is InChI=1S/C10H15N3O3/c1-7(2)5-6-16-9-4-3-8(13(14)15)10(11)12-9/h3-4,7H,5-6H2,1-2H3,(H2,11,12). The predicted molar refractivity (Wildman–Crippen MR) is 60.3 cm³/mol. The van der Waals surface area contributed by atoms with E-state index in [-0.39, 0.29) is 11.5 Å². The van der Waals surface area contributed by atoms with Crippen LogP contribution in [0.3, 0.4) is 0 Å². The van der Waals surface area contributed by atoms with Crippen molar-refractivity contribution >= 4 is 11.5 Å². The summed E-state index contributed by atoms with van der Waals surface area (Å²) in [7, 11) is 0. The molecule has 88 valence electrons. The van der Waals surface area contributed by atoms with Crippen LogP contribution in [0, 0.1) is 16.0 Å². The average molecular weight is 225 g/mol. The molecule has 0 aromatic carbocycles. The molecule has 0 saturated carbocycles. The monoisotopic (exact) mass is 225 g/mol. The number of rotatable bonds is 5. The van der Waals surface area contributed by atoms with Gasteiger partial charge in [0, 0.05) is 12.1 Å². The minimum Gasteiger partial charge on any atom is -0.478 e. The summed E-state index contributed by atoms with van der Waals surface area (Å²) in [5, 5.41) is 10.5. The minimum atomic E-state index is -0.569. The van der Waals surface area contributed by atoms with E-state index < -0.39 is 4.92 Å². The number of hydrogen-bond acceptors (Lipinski definition) is 5. The highest BCUT2D eigenvalue weighted by Gasteiger charge is 2.13. The van der Waals surface area contributed by atoms with Gasteiger partial charge in [-0.3, -0.25) is 10.1 Å². The Bertz CT molecular complexity index is 380. The molecule has 1 aromatic rings. The Morgan fingerprint density at radius 2 is 2.25 bits per heavy atom. The largest absolute Gasteiger partial charge is 0.478 e. The van der Waals surface area contributed by atoms with Crippen LogP contribution in [0.25, 0.3) is 0 Å². The van der Waals surface area contributed by atoms with Gasteiger partial charge in [0.1, 0.15) is 0 Å². The van der Waals surface area contributed by atoms with E-state index in [1.54, 1.807) is 0 Å². The van der Waals surface area contributed by atoms with Crippen LogP contribution in [-0.4, -0.2) is 16.5 Å². The van der Waals surface area contributed by atoms with Crippen LogP contribution in [0.2, 0.25) is 0 Å². The number of nitrogens with zero attached hydrogens (tertiary/aromatic N) is 2. The number of nitro groups is 1. The number of nitrogens with two attached hydrogens (primary N) is 1. The quantitative estimate of drug-likeness (QED) is 0.611. The van der Waals surface area contributed by atoms with Crippen LogP contribution >= 0.6 is 0 Å². The molecule has 1 heterocycles. The van der Waals surface area contributed by atoms with Crippen molar-refractivity contribution in [1.82, 2.24) is 4.98 Å². The zero-order valence-electron chi connectivity index (χ0n) is 9.34. The van der Waals surface area contributed by atoms with E-state index in [4.69, 9.17) is 10.5 Å². The summed E-state index contributed by atoms with van der Waals surface area (Å²) in [5.41, 5.74) is 5.22. The third kappa shape index (κ3) is 3.38. The summed E-state index contributed by atoms with van der Waals surface area (Å²) < 4.78 is 5.32. The molecule has 0 aliphatic heterocycles. The second-order valence-corrected chi connectivity index (χ2v) is 3.84. The van der Waals surface area contributed by atoms with Crippen molar-refractivity contribution in [1.29, 1.82) is 0 Å². The van der Waals surface area contributed by atoms with Gasteiger partial charge in [0.2, 0.25) is 11.7 Å². The molecule has 0 bridgehead atoms. The van der Waals surface area contributed by atoms with Crippen molar-refractivity contribution in [2.75, 3.05) is 12.3 Å². The molecule has 0 saturated heterocycles. The summed E-state index contributed by atoms with van der Waals surface area (Å²) in [5.74, 6) is 0.742. The van der Waals surface area contributed by atoms with Gasteiger partial charge in [0.15, 0.2) is 0 Å². The highest BCUT2D eigenvalue weighted by Crippen LogP contribution is 2.21. The van der Waals surface area contributed by atoms with Crippen LogP contribution in [0.1, 0.15) is 20.3 Å². The molecule has 1 rings (SSSR count). The highest BCUT2D eigenvalue weighted by atomic mass is 16.6. The Morgan fingerprint density at radius 1 is 1.56 bits per heavy atom. The number of anilines is 1. The van der Waals surface area contributed by atoms with E-state index in [1.807, 2.05) is 0 Å². The maximum atomic E-state index is 10.5. The predicted octanol–water partition coefficient (Wildman–Crippen LogP) is 2.00. The second kappa shape index (κ2) is 5.29. The van der Waals surface area contributed by atoms with Crippen molar-refractivity contribution < 1.29 is 9.66 Å². The van der Waals surface area contributed by atoms with E-state index >= 15 is 0 Å². The molecule has 0 unspecified atom stereocenters. The van der Waals surface area contributed by atoms with Gasteiger partial charge in [-0.25, -0.2) is 0 Å². The smallest absolute Gasteiger partial charge is 0.311 e. The lowest BCUT2D eigenvalue weighted by atomic mass is 10.1. The zero-order valence-corrected chi connectivity index (χ0v) is 9.34. The second-order valence-electron chi connectivity index (χ2n) is 3.84. The van der Waals surface area contributed by atoms with E-state index in [0.29, 0.717) is 18.4 Å². The third-order valence-corrected chi connectivity index (χ3v) is 2.02. The lowest BCUT2D eigenvalue weighted by molar-refractivity contribution is -0.384. The van der Waals surface area contributed by atoms with E-state index in [2.05, 4.69) is 18.8 Å².